The Morgan fingerprint density at radius 3 is 1.44 bits per heavy atom. The molecule has 35 heteroatoms. The Labute approximate surface area is 428 Å². The van der Waals surface area contributed by atoms with Gasteiger partial charge in [0.25, 0.3) is 0 Å². The normalized spacial score (nSPS) is 24.9. The van der Waals surface area contributed by atoms with Crippen LogP contribution in [0.3, 0.4) is 0 Å². The van der Waals surface area contributed by atoms with Crippen molar-refractivity contribution in [3.05, 3.63) is 81.3 Å². The number of anilines is 2. The van der Waals surface area contributed by atoms with Crippen LogP contribution in [0.4, 0.5) is 11.6 Å². The van der Waals surface area contributed by atoms with Gasteiger partial charge < -0.3 is 69.5 Å². The fraction of sp³-hybridized carbons (Fsp3) is 0.474. The predicted molar refractivity (Wildman–Crippen MR) is 262 cm³/mol. The Kier molecular flexibility index (Phi) is 17.9. The van der Waals surface area contributed by atoms with Gasteiger partial charge in [-0.1, -0.05) is 70.6 Å². The highest BCUT2D eigenvalue weighted by Gasteiger charge is 2.47. The SMILES string of the molecule is C[C@H](Nc1nc(Cl)nc2c1nnn2[C@@H]1C[C@H](COP(=O)(O)CP(=O)(O)O)[C@@H](O)[C@H]1O)c1ccccc1.C[C@H](Nc1nc(Cl)nc2c1nnn2[C@@H]1C[C@H](COP(=O)(O)CP(=O)(O)O)[C@@H](O)[C@H]1O)c1ccccc1Cl. The molecule has 398 valence electrons. The molecule has 2 aromatic carbocycles. The van der Waals surface area contributed by atoms with Crippen LogP contribution >= 0.6 is 65.2 Å². The highest BCUT2D eigenvalue weighted by atomic mass is 35.5. The number of aromatic nitrogens is 10. The van der Waals surface area contributed by atoms with E-state index in [4.69, 9.17) is 63.4 Å². The summed E-state index contributed by atoms with van der Waals surface area (Å²) in [5.74, 6) is -3.82. The zero-order chi connectivity index (χ0) is 53.4. The van der Waals surface area contributed by atoms with Crippen LogP contribution in [-0.2, 0) is 27.3 Å². The van der Waals surface area contributed by atoms with E-state index in [1.165, 1.54) is 9.36 Å². The van der Waals surface area contributed by atoms with Crippen molar-refractivity contribution in [2.24, 2.45) is 11.8 Å². The number of aliphatic hydroxyl groups is 4. The monoisotopic (exact) mass is 1160 g/mol. The van der Waals surface area contributed by atoms with Crippen LogP contribution in [0.1, 0.15) is 62.0 Å². The minimum Gasteiger partial charge on any atom is -0.390 e. The lowest BCUT2D eigenvalue weighted by Crippen LogP contribution is -2.31. The zero-order valence-corrected chi connectivity index (χ0v) is 43.9. The molecule has 28 nitrogen and oxygen atoms in total. The summed E-state index contributed by atoms with van der Waals surface area (Å²) in [6, 6.07) is 14.7. The first-order valence-electron chi connectivity index (χ1n) is 21.7. The summed E-state index contributed by atoms with van der Waals surface area (Å²) in [7, 11) is -18.9. The number of aliphatic hydroxyl groups excluding tert-OH is 4. The molecular weight excluding hydrogens is 1110 g/mol. The van der Waals surface area contributed by atoms with Crippen LogP contribution in [0.15, 0.2) is 54.6 Å². The number of rotatable bonds is 18. The highest BCUT2D eigenvalue weighted by molar-refractivity contribution is 7.70. The minimum atomic E-state index is -4.81. The van der Waals surface area contributed by atoms with Crippen LogP contribution < -0.4 is 10.6 Å². The van der Waals surface area contributed by atoms with E-state index >= 15 is 0 Å². The van der Waals surface area contributed by atoms with E-state index in [2.05, 4.69) is 51.2 Å². The number of hydrogen-bond acceptors (Lipinski definition) is 20. The van der Waals surface area contributed by atoms with E-state index < -0.39 is 104 Å². The smallest absolute Gasteiger partial charge is 0.340 e. The molecule has 0 amide bonds. The third-order valence-corrected chi connectivity index (χ3v) is 19.4. The molecule has 0 bridgehead atoms. The summed E-state index contributed by atoms with van der Waals surface area (Å²) < 4.78 is 58.2. The number of halogens is 3. The van der Waals surface area contributed by atoms with E-state index in [-0.39, 0.29) is 63.6 Å². The predicted octanol–water partition coefficient (Wildman–Crippen LogP) is 3.99. The van der Waals surface area contributed by atoms with Crippen molar-refractivity contribution in [2.45, 2.75) is 75.3 Å². The van der Waals surface area contributed by atoms with Gasteiger partial charge in [0.1, 0.15) is 12.2 Å². The minimum absolute atomic E-state index is 0.0249. The van der Waals surface area contributed by atoms with Crippen LogP contribution in [0.25, 0.3) is 22.3 Å². The second kappa shape index (κ2) is 22.9. The van der Waals surface area contributed by atoms with Crippen LogP contribution in [-0.4, -0.2) is 149 Å². The van der Waals surface area contributed by atoms with Crippen molar-refractivity contribution >= 4 is 99.1 Å². The Bertz CT molecular complexity index is 3120. The van der Waals surface area contributed by atoms with Crippen molar-refractivity contribution in [1.29, 1.82) is 0 Å². The molecule has 2 unspecified atom stereocenters. The molecule has 0 radical (unpaired) electrons. The molecule has 4 heterocycles. The summed E-state index contributed by atoms with van der Waals surface area (Å²) in [6.45, 7) is 2.73. The first-order chi connectivity index (χ1) is 34.1. The molecule has 2 saturated carbocycles. The van der Waals surface area contributed by atoms with Gasteiger partial charge in [-0.2, -0.15) is 19.9 Å². The van der Waals surface area contributed by atoms with Crippen molar-refractivity contribution in [2.75, 3.05) is 35.7 Å². The first kappa shape index (κ1) is 57.0. The zero-order valence-electron chi connectivity index (χ0n) is 38.0. The lowest BCUT2D eigenvalue weighted by Gasteiger charge is -2.19. The van der Waals surface area contributed by atoms with Crippen LogP contribution in [0.5, 0.6) is 0 Å². The fourth-order valence-corrected chi connectivity index (χ4v) is 14.2. The Morgan fingerprint density at radius 2 is 1.01 bits per heavy atom. The number of benzene rings is 2. The number of fused-ring (bicyclic) bond motifs is 2. The standard InChI is InChI=1S/C19H24Cl2N6O8P2.C19H25ClN6O8P2/c1-9(11-4-2-3-5-12(11)20)22-17-14-18(24-19(21)23-17)27(26-25-14)13-6-10(15(28)16(13)29)7-35-37(33,34)8-36(30,31)32;1-10(11-5-3-2-4-6-11)21-17-14-18(23-19(20)22-17)26(25-24-14)13-7-12(15(27)16(13)28)8-34-36(32,33)9-35(29,30)31/h2-5,9-10,13,15-16,28-29H,6-8H2,1H3,(H,33,34)(H,22,23,24)(H2,30,31,32);2-6,10,12-13,15-16,27-28H,7-9H2,1H3,(H,32,33)(H,21,22,23)(H2,29,30,31)/t9-,10+,13+,15+,16-;10-,12+,13+,15+,16-/m00/s1. The summed E-state index contributed by atoms with van der Waals surface area (Å²) in [6.07, 6.45) is -5.45. The largest absolute Gasteiger partial charge is 0.390 e. The van der Waals surface area contributed by atoms with E-state index in [0.29, 0.717) is 10.8 Å². The second-order valence-electron chi connectivity index (χ2n) is 17.3. The molecule has 12 atom stereocenters. The highest BCUT2D eigenvalue weighted by Crippen LogP contribution is 2.57. The van der Waals surface area contributed by atoms with E-state index in [1.807, 2.05) is 56.3 Å². The van der Waals surface area contributed by atoms with Gasteiger partial charge in [0.15, 0.2) is 45.8 Å². The van der Waals surface area contributed by atoms with Gasteiger partial charge in [0.05, 0.1) is 49.6 Å². The summed E-state index contributed by atoms with van der Waals surface area (Å²) in [5.41, 5.74) is 2.68. The average Bonchev–Trinajstić information content (AvgIpc) is 4.05. The average molecular weight is 1160 g/mol. The van der Waals surface area contributed by atoms with E-state index in [1.54, 1.807) is 12.1 Å². The maximum atomic E-state index is 12.0. The quantitative estimate of drug-likeness (QED) is 0.0427. The lowest BCUT2D eigenvalue weighted by atomic mass is 10.1. The molecular formula is C38H49Cl3N12O16P4. The Balaban J connectivity index is 0.000000214. The Hall–Kier alpha value is -3.69. The van der Waals surface area contributed by atoms with Gasteiger partial charge in [0, 0.05) is 16.9 Å². The van der Waals surface area contributed by atoms with E-state index in [9.17, 15) is 48.5 Å². The van der Waals surface area contributed by atoms with Gasteiger partial charge in [-0.25, -0.2) is 9.36 Å². The van der Waals surface area contributed by atoms with Gasteiger partial charge >= 0.3 is 30.4 Å². The number of nitrogens with zero attached hydrogens (tertiary/aromatic N) is 10. The molecule has 0 saturated heterocycles. The first-order valence-corrected chi connectivity index (χ1v) is 30.0. The maximum absolute atomic E-state index is 12.0. The van der Waals surface area contributed by atoms with Crippen molar-refractivity contribution < 1.29 is 77.1 Å². The molecule has 0 spiro atoms. The maximum Gasteiger partial charge on any atom is 0.340 e. The second-order valence-corrected chi connectivity index (χ2v) is 26.4. The van der Waals surface area contributed by atoms with Crippen molar-refractivity contribution in [3.63, 3.8) is 0 Å². The molecule has 4 aromatic heterocycles. The third kappa shape index (κ3) is 14.2. The lowest BCUT2D eigenvalue weighted by molar-refractivity contribution is -0.00366. The van der Waals surface area contributed by atoms with Gasteiger partial charge in [-0.15, -0.1) is 10.2 Å². The van der Waals surface area contributed by atoms with Crippen LogP contribution in [0.2, 0.25) is 15.6 Å². The van der Waals surface area contributed by atoms with E-state index in [0.717, 1.165) is 11.1 Å². The molecule has 73 heavy (non-hydrogen) atoms. The molecule has 12 N–H and O–H groups in total. The fourth-order valence-electron chi connectivity index (χ4n) is 8.38. The molecule has 2 fully saturated rings. The van der Waals surface area contributed by atoms with Crippen molar-refractivity contribution in [3.8, 4) is 0 Å². The molecule has 2 aliphatic carbocycles. The van der Waals surface area contributed by atoms with Crippen LogP contribution in [0, 0.1) is 11.8 Å². The molecule has 0 aliphatic heterocycles. The van der Waals surface area contributed by atoms with Gasteiger partial charge in [-0.3, -0.25) is 18.3 Å². The number of nitrogens with one attached hydrogen (secondary N) is 2. The van der Waals surface area contributed by atoms with Gasteiger partial charge in [-0.05, 0) is 67.1 Å². The number of hydrogen-bond donors (Lipinski definition) is 12. The third-order valence-electron chi connectivity index (χ3n) is 11.8. The summed E-state index contributed by atoms with van der Waals surface area (Å²) >= 11 is 18.6. The Morgan fingerprint density at radius 1 is 0.603 bits per heavy atom. The summed E-state index contributed by atoms with van der Waals surface area (Å²) in [5, 5.41) is 65.5. The topological polar surface area (TPSA) is 426 Å². The molecule has 2 aliphatic rings. The molecule has 8 rings (SSSR count). The van der Waals surface area contributed by atoms with Crippen molar-refractivity contribution in [1.82, 2.24) is 49.9 Å². The molecule has 6 aromatic rings. The summed E-state index contributed by atoms with van der Waals surface area (Å²) in [4.78, 5) is 71.9. The van der Waals surface area contributed by atoms with Gasteiger partial charge in [0.2, 0.25) is 10.6 Å².